The first-order valence-electron chi connectivity index (χ1n) is 5.76. The molecule has 19 heavy (non-hydrogen) atoms. The van der Waals surface area contributed by atoms with Crippen molar-refractivity contribution in [1.82, 2.24) is 9.78 Å². The van der Waals surface area contributed by atoms with Gasteiger partial charge in [0.2, 0.25) is 0 Å². The summed E-state index contributed by atoms with van der Waals surface area (Å²) in [4.78, 5) is 23.2. The molecule has 0 aliphatic carbocycles. The standard InChI is InChI=1S/C13H13FN2O3/c1-7(2)11-10(13(18)19)12(17)16(15-11)9-5-3-4-8(14)6-9/h3-7,15H,1-2H3,(H,18,19). The largest absolute Gasteiger partial charge is 0.477 e. The second kappa shape index (κ2) is 4.72. The van der Waals surface area contributed by atoms with Gasteiger partial charge in [-0.3, -0.25) is 9.89 Å². The van der Waals surface area contributed by atoms with Gasteiger partial charge in [-0.25, -0.2) is 13.9 Å². The van der Waals surface area contributed by atoms with Gasteiger partial charge in [-0.05, 0) is 24.1 Å². The molecule has 1 aromatic heterocycles. The van der Waals surface area contributed by atoms with Crippen LogP contribution in [0.4, 0.5) is 4.39 Å². The van der Waals surface area contributed by atoms with Crippen molar-refractivity contribution in [3.63, 3.8) is 0 Å². The first-order chi connectivity index (χ1) is 8.91. The number of rotatable bonds is 3. The highest BCUT2D eigenvalue weighted by Gasteiger charge is 2.23. The van der Waals surface area contributed by atoms with Crippen LogP contribution in [0.5, 0.6) is 0 Å². The molecule has 0 unspecified atom stereocenters. The zero-order valence-corrected chi connectivity index (χ0v) is 10.5. The summed E-state index contributed by atoms with van der Waals surface area (Å²) in [5, 5.41) is 11.8. The van der Waals surface area contributed by atoms with Crippen LogP contribution in [0, 0.1) is 5.82 Å². The second-order valence-corrected chi connectivity index (χ2v) is 4.48. The molecule has 0 aliphatic rings. The third-order valence-electron chi connectivity index (χ3n) is 2.78. The third kappa shape index (κ3) is 2.29. The molecule has 0 radical (unpaired) electrons. The molecule has 2 aromatic rings. The number of nitrogens with one attached hydrogen (secondary N) is 1. The molecule has 0 aliphatic heterocycles. The van der Waals surface area contributed by atoms with E-state index in [1.807, 2.05) is 0 Å². The number of benzene rings is 1. The molecule has 0 amide bonds. The Morgan fingerprint density at radius 3 is 2.58 bits per heavy atom. The minimum absolute atomic E-state index is 0.159. The monoisotopic (exact) mass is 264 g/mol. The van der Waals surface area contributed by atoms with Crippen LogP contribution >= 0.6 is 0 Å². The molecular weight excluding hydrogens is 251 g/mol. The van der Waals surface area contributed by atoms with Crippen molar-refractivity contribution in [3.8, 4) is 5.69 Å². The third-order valence-corrected chi connectivity index (χ3v) is 2.78. The smallest absolute Gasteiger partial charge is 0.343 e. The van der Waals surface area contributed by atoms with E-state index in [0.717, 1.165) is 10.7 Å². The van der Waals surface area contributed by atoms with Gasteiger partial charge < -0.3 is 5.11 Å². The number of hydrogen-bond acceptors (Lipinski definition) is 2. The molecule has 0 spiro atoms. The van der Waals surface area contributed by atoms with Gasteiger partial charge in [-0.1, -0.05) is 19.9 Å². The lowest BCUT2D eigenvalue weighted by Crippen LogP contribution is -2.20. The summed E-state index contributed by atoms with van der Waals surface area (Å²) in [5.74, 6) is -1.95. The zero-order chi connectivity index (χ0) is 14.2. The van der Waals surface area contributed by atoms with Gasteiger partial charge in [0, 0.05) is 0 Å². The van der Waals surface area contributed by atoms with Crippen LogP contribution in [-0.4, -0.2) is 20.9 Å². The van der Waals surface area contributed by atoms with E-state index in [1.165, 1.54) is 18.2 Å². The molecule has 2 N–H and O–H groups in total. The summed E-state index contributed by atoms with van der Waals surface area (Å²) >= 11 is 0. The topological polar surface area (TPSA) is 75.1 Å². The van der Waals surface area contributed by atoms with Gasteiger partial charge in [-0.15, -0.1) is 0 Å². The Hall–Kier alpha value is -2.37. The van der Waals surface area contributed by atoms with Crippen molar-refractivity contribution in [1.29, 1.82) is 0 Å². The van der Waals surface area contributed by atoms with E-state index < -0.39 is 17.3 Å². The highest BCUT2D eigenvalue weighted by atomic mass is 19.1. The first-order valence-corrected chi connectivity index (χ1v) is 5.76. The van der Waals surface area contributed by atoms with Crippen molar-refractivity contribution < 1.29 is 14.3 Å². The molecule has 5 nitrogen and oxygen atoms in total. The number of aromatic carboxylic acids is 1. The van der Waals surface area contributed by atoms with Gasteiger partial charge in [0.1, 0.15) is 11.4 Å². The van der Waals surface area contributed by atoms with E-state index >= 15 is 0 Å². The molecule has 6 heteroatoms. The van der Waals surface area contributed by atoms with E-state index in [0.29, 0.717) is 5.69 Å². The molecule has 1 aromatic carbocycles. The Balaban J connectivity index is 2.70. The predicted molar refractivity (Wildman–Crippen MR) is 67.4 cm³/mol. The average Bonchev–Trinajstić information content (AvgIpc) is 2.67. The molecule has 0 bridgehead atoms. The van der Waals surface area contributed by atoms with Gasteiger partial charge in [-0.2, -0.15) is 0 Å². The van der Waals surface area contributed by atoms with Crippen LogP contribution in [0.2, 0.25) is 0 Å². The summed E-state index contributed by atoms with van der Waals surface area (Å²) < 4.78 is 14.2. The highest BCUT2D eigenvalue weighted by Crippen LogP contribution is 2.16. The number of nitrogens with zero attached hydrogens (tertiary/aromatic N) is 1. The molecule has 2 rings (SSSR count). The maximum absolute atomic E-state index is 13.2. The highest BCUT2D eigenvalue weighted by molar-refractivity contribution is 5.88. The Morgan fingerprint density at radius 1 is 1.42 bits per heavy atom. The summed E-state index contributed by atoms with van der Waals surface area (Å²) in [6.07, 6.45) is 0. The number of H-pyrrole nitrogens is 1. The number of carboxylic acids is 1. The van der Waals surface area contributed by atoms with Crippen LogP contribution in [-0.2, 0) is 0 Å². The van der Waals surface area contributed by atoms with Crippen LogP contribution in [0.25, 0.3) is 5.69 Å². The van der Waals surface area contributed by atoms with Crippen molar-refractivity contribution >= 4 is 5.97 Å². The van der Waals surface area contributed by atoms with Gasteiger partial charge in [0.05, 0.1) is 11.4 Å². The molecule has 0 atom stereocenters. The number of halogens is 1. The number of carboxylic acid groups (broad SMARTS) is 1. The Kier molecular flexibility index (Phi) is 3.25. The minimum atomic E-state index is -1.29. The fraction of sp³-hybridized carbons (Fsp3) is 0.231. The fourth-order valence-corrected chi connectivity index (χ4v) is 1.88. The first kappa shape index (κ1) is 13.1. The molecule has 100 valence electrons. The molecule has 0 saturated heterocycles. The lowest BCUT2D eigenvalue weighted by atomic mass is 10.1. The quantitative estimate of drug-likeness (QED) is 0.891. The van der Waals surface area contributed by atoms with Crippen molar-refractivity contribution in [2.75, 3.05) is 0 Å². The summed E-state index contributed by atoms with van der Waals surface area (Å²) in [6.45, 7) is 3.54. The van der Waals surface area contributed by atoms with Gasteiger partial charge >= 0.3 is 5.97 Å². The van der Waals surface area contributed by atoms with Crippen molar-refractivity contribution in [2.45, 2.75) is 19.8 Å². The maximum Gasteiger partial charge on any atom is 0.343 e. The van der Waals surface area contributed by atoms with Crippen LogP contribution in [0.3, 0.4) is 0 Å². The Bertz CT molecular complexity index is 685. The number of carbonyl (C=O) groups is 1. The normalized spacial score (nSPS) is 10.9. The van der Waals surface area contributed by atoms with Gasteiger partial charge in [0.25, 0.3) is 5.56 Å². The molecule has 0 saturated carbocycles. The van der Waals surface area contributed by atoms with Crippen molar-refractivity contribution in [3.05, 3.63) is 51.7 Å². The maximum atomic E-state index is 13.2. The molecule has 1 heterocycles. The van der Waals surface area contributed by atoms with E-state index in [4.69, 9.17) is 5.11 Å². The van der Waals surface area contributed by atoms with Crippen molar-refractivity contribution in [2.24, 2.45) is 0 Å². The Morgan fingerprint density at radius 2 is 2.11 bits per heavy atom. The number of aromatic amines is 1. The summed E-state index contributed by atoms with van der Waals surface area (Å²) in [5.41, 5.74) is -0.415. The minimum Gasteiger partial charge on any atom is -0.477 e. The molecule has 0 fully saturated rings. The molecular formula is C13H13FN2O3. The van der Waals surface area contributed by atoms with Crippen LogP contribution in [0.1, 0.15) is 35.8 Å². The van der Waals surface area contributed by atoms with E-state index in [9.17, 15) is 14.0 Å². The lowest BCUT2D eigenvalue weighted by Gasteiger charge is -2.03. The Labute approximate surface area is 108 Å². The number of aromatic nitrogens is 2. The fourth-order valence-electron chi connectivity index (χ4n) is 1.88. The van der Waals surface area contributed by atoms with E-state index in [1.54, 1.807) is 13.8 Å². The predicted octanol–water partition coefficient (Wildman–Crippen LogP) is 2.13. The van der Waals surface area contributed by atoms with Crippen LogP contribution in [0.15, 0.2) is 29.1 Å². The zero-order valence-electron chi connectivity index (χ0n) is 10.5. The van der Waals surface area contributed by atoms with E-state index in [-0.39, 0.29) is 17.2 Å². The summed E-state index contributed by atoms with van der Waals surface area (Å²) in [7, 11) is 0. The second-order valence-electron chi connectivity index (χ2n) is 4.48. The van der Waals surface area contributed by atoms with Gasteiger partial charge in [0.15, 0.2) is 0 Å². The average molecular weight is 264 g/mol. The van der Waals surface area contributed by atoms with E-state index in [2.05, 4.69) is 5.10 Å². The van der Waals surface area contributed by atoms with Crippen LogP contribution < -0.4 is 5.56 Å². The lowest BCUT2D eigenvalue weighted by molar-refractivity contribution is 0.0694. The SMILES string of the molecule is CC(C)c1[nH]n(-c2cccc(F)c2)c(=O)c1C(=O)O. The summed E-state index contributed by atoms with van der Waals surface area (Å²) in [6, 6.07) is 5.39. The number of hydrogen-bond donors (Lipinski definition) is 2.